The molecule has 1 amide bonds. The summed E-state index contributed by atoms with van der Waals surface area (Å²) in [6, 6.07) is 0. The van der Waals surface area contributed by atoms with Crippen LogP contribution in [0.5, 0.6) is 0 Å². The summed E-state index contributed by atoms with van der Waals surface area (Å²) in [5.41, 5.74) is -0.192. The molecule has 0 radical (unpaired) electrons. The number of allylic oxidation sites excluding steroid dienone is 2. The Morgan fingerprint density at radius 1 is 1.50 bits per heavy atom. The maximum absolute atomic E-state index is 11.6. The Hall–Kier alpha value is -1.62. The minimum atomic E-state index is -0.734. The van der Waals surface area contributed by atoms with E-state index in [9.17, 15) is 9.59 Å². The van der Waals surface area contributed by atoms with Crippen molar-refractivity contribution in [3.63, 3.8) is 0 Å². The van der Waals surface area contributed by atoms with E-state index in [2.05, 4.69) is 11.9 Å². The third-order valence-electron chi connectivity index (χ3n) is 2.64. The molecule has 5 nitrogen and oxygen atoms in total. The van der Waals surface area contributed by atoms with Crippen LogP contribution in [0.25, 0.3) is 0 Å². The minimum Gasteiger partial charge on any atom is -0.442 e. The molecule has 0 bridgehead atoms. The van der Waals surface area contributed by atoms with Gasteiger partial charge in [-0.3, -0.25) is 5.32 Å². The molecule has 0 rings (SSSR count). The van der Waals surface area contributed by atoms with Crippen molar-refractivity contribution in [1.29, 1.82) is 0 Å². The Morgan fingerprint density at radius 2 is 2.11 bits per heavy atom. The number of methoxy groups -OCH3 is 1. The SMILES string of the molecule is C=C/C(=C\C)NC(=O)O[C@@H](CC=O)C(C)(C)OC. The normalized spacial score (nSPS) is 13.7. The van der Waals surface area contributed by atoms with Crippen LogP contribution in [0.15, 0.2) is 24.4 Å². The Balaban J connectivity index is 4.64. The molecule has 5 heteroatoms. The molecule has 0 saturated heterocycles. The van der Waals surface area contributed by atoms with Crippen molar-refractivity contribution in [2.24, 2.45) is 0 Å². The highest BCUT2D eigenvalue weighted by Gasteiger charge is 2.32. The maximum atomic E-state index is 11.6. The molecule has 0 fully saturated rings. The fourth-order valence-corrected chi connectivity index (χ4v) is 1.21. The van der Waals surface area contributed by atoms with E-state index < -0.39 is 17.8 Å². The number of alkyl carbamates (subject to hydrolysis) is 1. The van der Waals surface area contributed by atoms with Crippen LogP contribution in [0.1, 0.15) is 27.2 Å². The monoisotopic (exact) mass is 255 g/mol. The molecule has 0 aromatic heterocycles. The zero-order valence-electron chi connectivity index (χ0n) is 11.4. The highest BCUT2D eigenvalue weighted by atomic mass is 16.6. The number of ether oxygens (including phenoxy) is 2. The van der Waals surface area contributed by atoms with Crippen molar-refractivity contribution in [2.75, 3.05) is 7.11 Å². The molecule has 1 N–H and O–H groups in total. The fourth-order valence-electron chi connectivity index (χ4n) is 1.21. The number of amides is 1. The molecule has 0 aliphatic heterocycles. The van der Waals surface area contributed by atoms with Gasteiger partial charge in [0.15, 0.2) is 0 Å². The van der Waals surface area contributed by atoms with Gasteiger partial charge in [-0.15, -0.1) is 0 Å². The molecular weight excluding hydrogens is 234 g/mol. The molecule has 0 aliphatic carbocycles. The van der Waals surface area contributed by atoms with Crippen molar-refractivity contribution in [1.82, 2.24) is 5.32 Å². The highest BCUT2D eigenvalue weighted by molar-refractivity contribution is 5.70. The second kappa shape index (κ2) is 7.66. The van der Waals surface area contributed by atoms with Gasteiger partial charge in [0.05, 0.1) is 5.60 Å². The third kappa shape index (κ3) is 5.14. The molecular formula is C13H21NO4. The number of hydrogen-bond acceptors (Lipinski definition) is 4. The Kier molecular flexibility index (Phi) is 6.97. The topological polar surface area (TPSA) is 64.6 Å². The first-order valence-electron chi connectivity index (χ1n) is 5.66. The van der Waals surface area contributed by atoms with Crippen LogP contribution < -0.4 is 5.32 Å². The summed E-state index contributed by atoms with van der Waals surface area (Å²) in [5, 5.41) is 2.51. The molecule has 0 aromatic carbocycles. The number of aldehydes is 1. The maximum Gasteiger partial charge on any atom is 0.411 e. The summed E-state index contributed by atoms with van der Waals surface area (Å²) in [4.78, 5) is 22.2. The lowest BCUT2D eigenvalue weighted by Crippen LogP contribution is -2.43. The van der Waals surface area contributed by atoms with E-state index in [0.29, 0.717) is 12.0 Å². The van der Waals surface area contributed by atoms with Crippen LogP contribution in [0.2, 0.25) is 0 Å². The molecule has 1 atom stereocenters. The van der Waals surface area contributed by atoms with Crippen LogP contribution in [0.4, 0.5) is 4.79 Å². The third-order valence-corrected chi connectivity index (χ3v) is 2.64. The van der Waals surface area contributed by atoms with Crippen LogP contribution in [0, 0.1) is 0 Å². The van der Waals surface area contributed by atoms with E-state index >= 15 is 0 Å². The van der Waals surface area contributed by atoms with Crippen molar-refractivity contribution >= 4 is 12.4 Å². The molecule has 18 heavy (non-hydrogen) atoms. The first kappa shape index (κ1) is 16.4. The van der Waals surface area contributed by atoms with Crippen molar-refractivity contribution in [3.05, 3.63) is 24.4 Å². The number of nitrogens with one attached hydrogen (secondary N) is 1. The smallest absolute Gasteiger partial charge is 0.411 e. The van der Waals surface area contributed by atoms with Gasteiger partial charge in [-0.25, -0.2) is 4.79 Å². The number of hydrogen-bond donors (Lipinski definition) is 1. The predicted molar refractivity (Wildman–Crippen MR) is 69.1 cm³/mol. The second-order valence-corrected chi connectivity index (χ2v) is 4.18. The summed E-state index contributed by atoms with van der Waals surface area (Å²) < 4.78 is 10.4. The summed E-state index contributed by atoms with van der Waals surface area (Å²) in [6.45, 7) is 8.81. The van der Waals surface area contributed by atoms with E-state index in [1.165, 1.54) is 13.2 Å². The van der Waals surface area contributed by atoms with E-state index in [4.69, 9.17) is 9.47 Å². The van der Waals surface area contributed by atoms with Gasteiger partial charge in [0.2, 0.25) is 0 Å². The fraction of sp³-hybridized carbons (Fsp3) is 0.538. The van der Waals surface area contributed by atoms with E-state index in [1.807, 2.05) is 0 Å². The molecule has 0 saturated carbocycles. The zero-order valence-corrected chi connectivity index (χ0v) is 11.4. The van der Waals surface area contributed by atoms with Crippen LogP contribution >= 0.6 is 0 Å². The molecule has 0 spiro atoms. The molecule has 0 aliphatic rings. The first-order chi connectivity index (χ1) is 8.41. The van der Waals surface area contributed by atoms with Crippen molar-refractivity contribution < 1.29 is 19.1 Å². The van der Waals surface area contributed by atoms with E-state index in [0.717, 1.165) is 0 Å². The van der Waals surface area contributed by atoms with Gasteiger partial charge in [-0.05, 0) is 26.8 Å². The quantitative estimate of drug-likeness (QED) is 0.559. The van der Waals surface area contributed by atoms with Gasteiger partial charge >= 0.3 is 6.09 Å². The lowest BCUT2D eigenvalue weighted by atomic mass is 9.99. The first-order valence-corrected chi connectivity index (χ1v) is 5.66. The summed E-state index contributed by atoms with van der Waals surface area (Å²) in [6.07, 6.45) is 2.67. The minimum absolute atomic E-state index is 0.0769. The van der Waals surface area contributed by atoms with Crippen LogP contribution in [-0.4, -0.2) is 31.2 Å². The van der Waals surface area contributed by atoms with Crippen LogP contribution in [0.3, 0.4) is 0 Å². The average Bonchev–Trinajstić information content (AvgIpc) is 2.35. The molecule has 102 valence electrons. The van der Waals surface area contributed by atoms with Gasteiger partial charge in [0.25, 0.3) is 0 Å². The van der Waals surface area contributed by atoms with Gasteiger partial charge < -0.3 is 14.3 Å². The second-order valence-electron chi connectivity index (χ2n) is 4.18. The Morgan fingerprint density at radius 3 is 2.50 bits per heavy atom. The zero-order chi connectivity index (χ0) is 14.2. The average molecular weight is 255 g/mol. The van der Waals surface area contributed by atoms with Gasteiger partial charge in [0, 0.05) is 19.2 Å². The van der Waals surface area contributed by atoms with Gasteiger partial charge in [-0.2, -0.15) is 0 Å². The number of carbonyl (C=O) groups is 2. The summed E-state index contributed by atoms with van der Waals surface area (Å²) in [5.74, 6) is 0. The predicted octanol–water partition coefficient (Wildman–Crippen LogP) is 2.18. The van der Waals surface area contributed by atoms with E-state index in [1.54, 1.807) is 26.8 Å². The van der Waals surface area contributed by atoms with Gasteiger partial charge in [0.1, 0.15) is 12.4 Å². The molecule has 0 unspecified atom stereocenters. The van der Waals surface area contributed by atoms with Crippen molar-refractivity contribution in [2.45, 2.75) is 38.9 Å². The standard InChI is InChI=1S/C13H21NO4/c1-6-10(7-2)14-12(16)18-11(8-9-15)13(3,4)17-5/h6-7,9,11H,1,8H2,2-5H3,(H,14,16)/b10-7+/t11-/m0/s1. The number of rotatable bonds is 7. The summed E-state index contributed by atoms with van der Waals surface area (Å²) in [7, 11) is 1.50. The lowest BCUT2D eigenvalue weighted by molar-refractivity contribution is -0.117. The Bertz CT molecular complexity index is 334. The van der Waals surface area contributed by atoms with Crippen LogP contribution in [-0.2, 0) is 14.3 Å². The highest BCUT2D eigenvalue weighted by Crippen LogP contribution is 2.19. The Labute approximate surface area is 108 Å². The molecule has 0 heterocycles. The lowest BCUT2D eigenvalue weighted by Gasteiger charge is -2.31. The van der Waals surface area contributed by atoms with E-state index in [-0.39, 0.29) is 6.42 Å². The largest absolute Gasteiger partial charge is 0.442 e. The number of carbonyl (C=O) groups excluding carboxylic acids is 2. The molecule has 0 aromatic rings. The summed E-state index contributed by atoms with van der Waals surface area (Å²) >= 11 is 0. The van der Waals surface area contributed by atoms with Gasteiger partial charge in [-0.1, -0.05) is 12.7 Å². The van der Waals surface area contributed by atoms with Crippen molar-refractivity contribution in [3.8, 4) is 0 Å².